The Kier molecular flexibility index (Phi) is 8.09. The van der Waals surface area contributed by atoms with Crippen molar-refractivity contribution in [3.63, 3.8) is 0 Å². The Morgan fingerprint density at radius 3 is 2.67 bits per heavy atom. The average molecular weight is 564 g/mol. The zero-order chi connectivity index (χ0) is 29.2. The van der Waals surface area contributed by atoms with Gasteiger partial charge >= 0.3 is 6.18 Å². The van der Waals surface area contributed by atoms with Crippen molar-refractivity contribution in [2.75, 3.05) is 32.6 Å². The monoisotopic (exact) mass is 563 g/mol. The van der Waals surface area contributed by atoms with Gasteiger partial charge < -0.3 is 30.1 Å². The number of ether oxygens (including phenoxy) is 2. The maximum Gasteiger partial charge on any atom is 0.423 e. The number of hydrogen-bond donors (Lipinski definition) is 3. The molecule has 1 atom stereocenters. The second-order valence-corrected chi connectivity index (χ2v) is 9.12. The molecule has 0 unspecified atom stereocenters. The second kappa shape index (κ2) is 11.3. The molecule has 0 saturated heterocycles. The standard InChI is InChI=1S/C26H25F4N5O5/c1-13(12-36)9-31-22(37)15-7-20(39-3)18(8-17(15)27)33-25-32-10-16(26(28,29)30)23(34-25)40-19-6-4-5-14-11-35(2)24(38)21(14)19/h4-8,10,13,36H,9,11-12H2,1-3H3,(H,31,37)(H,32,33,34)/t13-/m0/s1. The second-order valence-electron chi connectivity index (χ2n) is 9.12. The van der Waals surface area contributed by atoms with Gasteiger partial charge in [-0.25, -0.2) is 9.37 Å². The number of aromatic nitrogens is 2. The summed E-state index contributed by atoms with van der Waals surface area (Å²) in [5.74, 6) is -3.79. The topological polar surface area (TPSA) is 126 Å². The summed E-state index contributed by atoms with van der Waals surface area (Å²) in [6.45, 7) is 1.89. The number of methoxy groups -OCH3 is 1. The lowest BCUT2D eigenvalue weighted by Crippen LogP contribution is -2.30. The van der Waals surface area contributed by atoms with Gasteiger partial charge in [0.05, 0.1) is 23.9 Å². The van der Waals surface area contributed by atoms with Crippen LogP contribution < -0.4 is 20.1 Å². The minimum Gasteiger partial charge on any atom is -0.495 e. The highest BCUT2D eigenvalue weighted by Gasteiger charge is 2.37. The van der Waals surface area contributed by atoms with Crippen LogP contribution in [0.1, 0.15) is 38.8 Å². The number of alkyl halides is 3. The fourth-order valence-electron chi connectivity index (χ4n) is 3.90. The molecule has 212 valence electrons. The van der Waals surface area contributed by atoms with Gasteiger partial charge in [-0.2, -0.15) is 18.2 Å². The number of hydrogen-bond acceptors (Lipinski definition) is 8. The highest BCUT2D eigenvalue weighted by molar-refractivity contribution is 6.01. The molecular formula is C26H25F4N5O5. The quantitative estimate of drug-likeness (QED) is 0.332. The van der Waals surface area contributed by atoms with Gasteiger partial charge in [-0.1, -0.05) is 19.1 Å². The Hall–Kier alpha value is -4.46. The van der Waals surface area contributed by atoms with Crippen LogP contribution in [0.15, 0.2) is 36.5 Å². The summed E-state index contributed by atoms with van der Waals surface area (Å²) in [7, 11) is 2.80. The van der Waals surface area contributed by atoms with Crippen LogP contribution in [0.4, 0.5) is 29.2 Å². The number of aliphatic hydroxyl groups is 1. The van der Waals surface area contributed by atoms with Crippen molar-refractivity contribution in [3.8, 4) is 17.4 Å². The lowest BCUT2D eigenvalue weighted by atomic mass is 10.1. The SMILES string of the molecule is COc1cc(C(=O)NC[C@H](C)CO)c(F)cc1Nc1ncc(C(F)(F)F)c(Oc2cccc3c2C(=O)N(C)C3)n1. The van der Waals surface area contributed by atoms with E-state index in [1.54, 1.807) is 26.1 Å². The minimum absolute atomic E-state index is 0.0257. The number of nitrogens with one attached hydrogen (secondary N) is 2. The van der Waals surface area contributed by atoms with Gasteiger partial charge in [0, 0.05) is 39.0 Å². The fourth-order valence-corrected chi connectivity index (χ4v) is 3.90. The zero-order valence-electron chi connectivity index (χ0n) is 21.6. The van der Waals surface area contributed by atoms with E-state index < -0.39 is 41.2 Å². The fraction of sp³-hybridized carbons (Fsp3) is 0.308. The Balaban J connectivity index is 1.66. The molecule has 0 radical (unpaired) electrons. The summed E-state index contributed by atoms with van der Waals surface area (Å²) < 4.78 is 66.9. The van der Waals surface area contributed by atoms with Crippen molar-refractivity contribution >= 4 is 23.5 Å². The average Bonchev–Trinajstić information content (AvgIpc) is 3.20. The number of carbonyl (C=O) groups is 2. The molecule has 2 heterocycles. The molecule has 0 spiro atoms. The molecule has 2 amide bonds. The predicted octanol–water partition coefficient (Wildman–Crippen LogP) is 4.12. The summed E-state index contributed by atoms with van der Waals surface area (Å²) in [4.78, 5) is 33.9. The molecule has 1 aliphatic heterocycles. The van der Waals surface area contributed by atoms with Crippen LogP contribution in [-0.4, -0.2) is 59.1 Å². The molecule has 0 saturated carbocycles. The number of benzene rings is 2. The number of carbonyl (C=O) groups excluding carboxylic acids is 2. The number of fused-ring (bicyclic) bond motifs is 1. The first-order valence-corrected chi connectivity index (χ1v) is 12.0. The van der Waals surface area contributed by atoms with E-state index in [4.69, 9.17) is 14.6 Å². The first kappa shape index (κ1) is 28.5. The Labute approximate surface area is 225 Å². The van der Waals surface area contributed by atoms with Crippen LogP contribution in [0.25, 0.3) is 0 Å². The van der Waals surface area contributed by atoms with Gasteiger partial charge in [0.1, 0.15) is 22.9 Å². The van der Waals surface area contributed by atoms with E-state index in [1.807, 2.05) is 0 Å². The molecular weight excluding hydrogens is 538 g/mol. The Bertz CT molecular complexity index is 1450. The van der Waals surface area contributed by atoms with Gasteiger partial charge in [-0.05, 0) is 23.6 Å². The van der Waals surface area contributed by atoms with E-state index >= 15 is 0 Å². The number of aliphatic hydroxyl groups excluding tert-OH is 1. The van der Waals surface area contributed by atoms with Gasteiger partial charge in [0.25, 0.3) is 11.8 Å². The molecule has 1 aromatic heterocycles. The summed E-state index contributed by atoms with van der Waals surface area (Å²) >= 11 is 0. The molecule has 4 rings (SSSR count). The third-order valence-electron chi connectivity index (χ3n) is 6.05. The summed E-state index contributed by atoms with van der Waals surface area (Å²) in [6, 6.07) is 6.58. The van der Waals surface area contributed by atoms with Gasteiger partial charge in [-0.15, -0.1) is 0 Å². The van der Waals surface area contributed by atoms with Crippen molar-refractivity contribution in [2.24, 2.45) is 5.92 Å². The zero-order valence-corrected chi connectivity index (χ0v) is 21.6. The molecule has 3 N–H and O–H groups in total. The molecule has 1 aliphatic rings. The molecule has 3 aromatic rings. The first-order chi connectivity index (χ1) is 18.9. The summed E-state index contributed by atoms with van der Waals surface area (Å²) in [5, 5.41) is 14.2. The summed E-state index contributed by atoms with van der Waals surface area (Å²) in [5.41, 5.74) is -1.02. The smallest absolute Gasteiger partial charge is 0.423 e. The van der Waals surface area contributed by atoms with Crippen LogP contribution in [0, 0.1) is 11.7 Å². The van der Waals surface area contributed by atoms with Crippen molar-refractivity contribution in [3.05, 3.63) is 64.6 Å². The van der Waals surface area contributed by atoms with E-state index in [1.165, 1.54) is 18.1 Å². The highest BCUT2D eigenvalue weighted by Crippen LogP contribution is 2.40. The number of rotatable bonds is 9. The van der Waals surface area contributed by atoms with Crippen LogP contribution in [0.3, 0.4) is 0 Å². The number of amides is 2. The largest absolute Gasteiger partial charge is 0.495 e. The predicted molar refractivity (Wildman–Crippen MR) is 134 cm³/mol. The normalized spacial score (nSPS) is 13.6. The van der Waals surface area contributed by atoms with E-state index in [0.29, 0.717) is 11.8 Å². The molecule has 2 aromatic carbocycles. The van der Waals surface area contributed by atoms with Gasteiger partial charge in [0.15, 0.2) is 0 Å². The molecule has 0 aliphatic carbocycles. The summed E-state index contributed by atoms with van der Waals surface area (Å²) in [6.07, 6.45) is -4.40. The first-order valence-electron chi connectivity index (χ1n) is 12.0. The van der Waals surface area contributed by atoms with Crippen LogP contribution in [0.2, 0.25) is 0 Å². The minimum atomic E-state index is -4.89. The third-order valence-corrected chi connectivity index (χ3v) is 6.05. The maximum absolute atomic E-state index is 14.9. The van der Waals surface area contributed by atoms with E-state index in [0.717, 1.165) is 12.1 Å². The van der Waals surface area contributed by atoms with Crippen LogP contribution >= 0.6 is 0 Å². The number of nitrogens with zero attached hydrogens (tertiary/aromatic N) is 3. The van der Waals surface area contributed by atoms with E-state index in [-0.39, 0.29) is 53.9 Å². The van der Waals surface area contributed by atoms with E-state index in [9.17, 15) is 27.2 Å². The number of halogens is 4. The third kappa shape index (κ3) is 5.91. The maximum atomic E-state index is 14.9. The van der Waals surface area contributed by atoms with E-state index in [2.05, 4.69) is 20.6 Å². The van der Waals surface area contributed by atoms with Gasteiger partial charge in [0.2, 0.25) is 11.8 Å². The van der Waals surface area contributed by atoms with Crippen molar-refractivity contribution in [2.45, 2.75) is 19.6 Å². The lowest BCUT2D eigenvalue weighted by Gasteiger charge is -2.16. The van der Waals surface area contributed by atoms with Crippen molar-refractivity contribution in [1.82, 2.24) is 20.2 Å². The molecule has 0 fully saturated rings. The molecule has 14 heteroatoms. The van der Waals surface area contributed by atoms with Crippen molar-refractivity contribution < 1.29 is 41.7 Å². The Morgan fingerprint density at radius 2 is 2.00 bits per heavy atom. The van der Waals surface area contributed by atoms with Crippen LogP contribution in [0.5, 0.6) is 17.4 Å². The van der Waals surface area contributed by atoms with Crippen molar-refractivity contribution in [1.29, 1.82) is 0 Å². The molecule has 40 heavy (non-hydrogen) atoms. The highest BCUT2D eigenvalue weighted by atomic mass is 19.4. The Morgan fingerprint density at radius 1 is 1.25 bits per heavy atom. The van der Waals surface area contributed by atoms with Crippen LogP contribution in [-0.2, 0) is 12.7 Å². The number of anilines is 2. The molecule has 0 bridgehead atoms. The lowest BCUT2D eigenvalue weighted by molar-refractivity contribution is -0.139. The van der Waals surface area contributed by atoms with Gasteiger partial charge in [-0.3, -0.25) is 9.59 Å². The molecule has 10 nitrogen and oxygen atoms in total.